The van der Waals surface area contributed by atoms with Gasteiger partial charge in [0.1, 0.15) is 0 Å². The Balaban J connectivity index is 2.82. The molecule has 1 rings (SSSR count). The van der Waals surface area contributed by atoms with Crippen LogP contribution in [0.15, 0.2) is 6.07 Å². The number of thiophene rings is 1. The molecule has 0 aromatic carbocycles. The molecule has 0 saturated carbocycles. The molecule has 0 amide bonds. The molecular formula is C13H23NS. The topological polar surface area (TPSA) is 12.0 Å². The van der Waals surface area contributed by atoms with Gasteiger partial charge in [0.25, 0.3) is 0 Å². The van der Waals surface area contributed by atoms with Crippen molar-refractivity contribution in [2.24, 2.45) is 5.92 Å². The zero-order valence-corrected chi connectivity index (χ0v) is 11.4. The van der Waals surface area contributed by atoms with Crippen molar-refractivity contribution < 1.29 is 0 Å². The maximum absolute atomic E-state index is 3.45. The zero-order valence-electron chi connectivity index (χ0n) is 10.6. The van der Waals surface area contributed by atoms with Crippen LogP contribution in [-0.2, 0) is 0 Å². The van der Waals surface area contributed by atoms with Crippen LogP contribution in [0.1, 0.15) is 48.0 Å². The van der Waals surface area contributed by atoms with Crippen LogP contribution in [0.4, 0.5) is 0 Å². The highest BCUT2D eigenvalue weighted by Crippen LogP contribution is 2.32. The van der Waals surface area contributed by atoms with Crippen molar-refractivity contribution in [1.82, 2.24) is 5.32 Å². The van der Waals surface area contributed by atoms with Crippen LogP contribution in [0.2, 0.25) is 0 Å². The molecular weight excluding hydrogens is 202 g/mol. The summed E-state index contributed by atoms with van der Waals surface area (Å²) < 4.78 is 0. The minimum absolute atomic E-state index is 0.530. The van der Waals surface area contributed by atoms with Gasteiger partial charge in [0.15, 0.2) is 0 Å². The van der Waals surface area contributed by atoms with E-state index in [2.05, 4.69) is 46.1 Å². The third-order valence-electron chi connectivity index (χ3n) is 3.12. The van der Waals surface area contributed by atoms with Crippen molar-refractivity contribution in [1.29, 1.82) is 0 Å². The quantitative estimate of drug-likeness (QED) is 0.797. The molecule has 86 valence electrons. The van der Waals surface area contributed by atoms with Gasteiger partial charge < -0.3 is 5.32 Å². The predicted octanol–water partition coefficient (Wildman–Crippen LogP) is 4.06. The maximum Gasteiger partial charge on any atom is 0.0438 e. The van der Waals surface area contributed by atoms with Crippen LogP contribution in [0.3, 0.4) is 0 Å². The molecule has 0 saturated heterocycles. The Labute approximate surface area is 97.9 Å². The second-order valence-corrected chi connectivity index (χ2v) is 5.71. The second-order valence-electron chi connectivity index (χ2n) is 4.42. The van der Waals surface area contributed by atoms with E-state index in [4.69, 9.17) is 0 Å². The smallest absolute Gasteiger partial charge is 0.0438 e. The predicted molar refractivity (Wildman–Crippen MR) is 69.7 cm³/mol. The summed E-state index contributed by atoms with van der Waals surface area (Å²) >= 11 is 1.94. The lowest BCUT2D eigenvalue weighted by atomic mass is 9.95. The summed E-state index contributed by atoms with van der Waals surface area (Å²) in [6.45, 7) is 9.01. The molecule has 0 aliphatic carbocycles. The third kappa shape index (κ3) is 3.05. The fraction of sp³-hybridized carbons (Fsp3) is 0.692. The first-order chi connectivity index (χ1) is 7.10. The standard InChI is InChI=1S/C13H23NS/c1-6-7-9(2)13(14-5)12-8-10(3)11(4)15-12/h8-9,13-14H,6-7H2,1-5H3. The van der Waals surface area contributed by atoms with E-state index >= 15 is 0 Å². The normalized spacial score (nSPS) is 15.3. The fourth-order valence-electron chi connectivity index (χ4n) is 2.08. The van der Waals surface area contributed by atoms with Crippen molar-refractivity contribution in [3.05, 3.63) is 21.4 Å². The molecule has 0 bridgehead atoms. The zero-order chi connectivity index (χ0) is 11.4. The highest BCUT2D eigenvalue weighted by atomic mass is 32.1. The molecule has 1 aromatic rings. The van der Waals surface area contributed by atoms with E-state index < -0.39 is 0 Å². The van der Waals surface area contributed by atoms with E-state index in [9.17, 15) is 0 Å². The summed E-state index contributed by atoms with van der Waals surface area (Å²) in [5.41, 5.74) is 1.43. The lowest BCUT2D eigenvalue weighted by Crippen LogP contribution is -2.22. The van der Waals surface area contributed by atoms with Gasteiger partial charge in [0.05, 0.1) is 0 Å². The molecule has 0 spiro atoms. The van der Waals surface area contributed by atoms with E-state index in [1.54, 1.807) is 0 Å². The molecule has 0 aliphatic heterocycles. The molecule has 0 aliphatic rings. The fourth-order valence-corrected chi connectivity index (χ4v) is 3.37. The molecule has 1 nitrogen and oxygen atoms in total. The minimum atomic E-state index is 0.530. The number of nitrogens with one attached hydrogen (secondary N) is 1. The Morgan fingerprint density at radius 1 is 1.40 bits per heavy atom. The Bertz CT molecular complexity index is 284. The van der Waals surface area contributed by atoms with Crippen molar-refractivity contribution in [2.75, 3.05) is 7.05 Å². The van der Waals surface area contributed by atoms with Crippen LogP contribution in [0, 0.1) is 19.8 Å². The first-order valence-corrected chi connectivity index (χ1v) is 6.66. The molecule has 1 aromatic heterocycles. The minimum Gasteiger partial charge on any atom is -0.312 e. The van der Waals surface area contributed by atoms with E-state index in [-0.39, 0.29) is 0 Å². The molecule has 1 N–H and O–H groups in total. The third-order valence-corrected chi connectivity index (χ3v) is 4.35. The highest BCUT2D eigenvalue weighted by Gasteiger charge is 2.18. The molecule has 2 heteroatoms. The molecule has 0 radical (unpaired) electrons. The van der Waals surface area contributed by atoms with E-state index in [1.165, 1.54) is 28.2 Å². The van der Waals surface area contributed by atoms with Crippen molar-refractivity contribution >= 4 is 11.3 Å². The summed E-state index contributed by atoms with van der Waals surface area (Å²) in [4.78, 5) is 2.95. The SMILES string of the molecule is CCCC(C)C(NC)c1cc(C)c(C)s1. The highest BCUT2D eigenvalue weighted by molar-refractivity contribution is 7.12. The van der Waals surface area contributed by atoms with E-state index in [0.29, 0.717) is 6.04 Å². The summed E-state index contributed by atoms with van der Waals surface area (Å²) in [7, 11) is 2.07. The van der Waals surface area contributed by atoms with Gasteiger partial charge in [-0.1, -0.05) is 20.3 Å². The van der Waals surface area contributed by atoms with Crippen LogP contribution in [0.5, 0.6) is 0 Å². The molecule has 1 heterocycles. The monoisotopic (exact) mass is 225 g/mol. The van der Waals surface area contributed by atoms with Crippen molar-refractivity contribution in [3.8, 4) is 0 Å². The van der Waals surface area contributed by atoms with Gasteiger partial charge in [-0.25, -0.2) is 0 Å². The number of rotatable bonds is 5. The Morgan fingerprint density at radius 3 is 2.47 bits per heavy atom. The Kier molecular flexibility index (Phi) is 4.81. The van der Waals surface area contributed by atoms with Gasteiger partial charge in [-0.3, -0.25) is 0 Å². The number of aryl methyl sites for hydroxylation is 2. The van der Waals surface area contributed by atoms with Gasteiger partial charge in [0.2, 0.25) is 0 Å². The van der Waals surface area contributed by atoms with Gasteiger partial charge in [-0.2, -0.15) is 0 Å². The lowest BCUT2D eigenvalue weighted by molar-refractivity contribution is 0.389. The van der Waals surface area contributed by atoms with Crippen molar-refractivity contribution in [2.45, 2.75) is 46.6 Å². The Morgan fingerprint density at radius 2 is 2.07 bits per heavy atom. The van der Waals surface area contributed by atoms with Crippen LogP contribution < -0.4 is 5.32 Å². The molecule has 2 atom stereocenters. The average Bonchev–Trinajstić information content (AvgIpc) is 2.48. The van der Waals surface area contributed by atoms with Gasteiger partial charge >= 0.3 is 0 Å². The first kappa shape index (κ1) is 12.7. The van der Waals surface area contributed by atoms with E-state index in [1.807, 2.05) is 11.3 Å². The number of hydrogen-bond donors (Lipinski definition) is 1. The molecule has 0 fully saturated rings. The Hall–Kier alpha value is -0.340. The van der Waals surface area contributed by atoms with Gasteiger partial charge in [-0.05, 0) is 44.9 Å². The summed E-state index contributed by atoms with van der Waals surface area (Å²) in [6.07, 6.45) is 2.56. The van der Waals surface area contributed by atoms with Crippen LogP contribution in [-0.4, -0.2) is 7.05 Å². The largest absolute Gasteiger partial charge is 0.312 e. The van der Waals surface area contributed by atoms with Gasteiger partial charge in [0, 0.05) is 15.8 Å². The van der Waals surface area contributed by atoms with E-state index in [0.717, 1.165) is 5.92 Å². The molecule has 2 unspecified atom stereocenters. The summed E-state index contributed by atoms with van der Waals surface area (Å²) in [5.74, 6) is 0.720. The maximum atomic E-state index is 3.45. The van der Waals surface area contributed by atoms with Crippen molar-refractivity contribution in [3.63, 3.8) is 0 Å². The summed E-state index contributed by atoms with van der Waals surface area (Å²) in [6, 6.07) is 2.87. The first-order valence-electron chi connectivity index (χ1n) is 5.84. The second kappa shape index (κ2) is 5.66. The number of hydrogen-bond acceptors (Lipinski definition) is 2. The van der Waals surface area contributed by atoms with Crippen LogP contribution >= 0.6 is 11.3 Å². The average molecular weight is 225 g/mol. The molecule has 15 heavy (non-hydrogen) atoms. The summed E-state index contributed by atoms with van der Waals surface area (Å²) in [5, 5.41) is 3.45. The van der Waals surface area contributed by atoms with Gasteiger partial charge in [-0.15, -0.1) is 11.3 Å². The lowest BCUT2D eigenvalue weighted by Gasteiger charge is -2.22. The van der Waals surface area contributed by atoms with Crippen LogP contribution in [0.25, 0.3) is 0 Å².